The number of hydrogen-bond donors (Lipinski definition) is 0. The fourth-order valence-corrected chi connectivity index (χ4v) is 4.92. The number of methoxy groups -OCH3 is 4. The maximum Gasteiger partial charge on any atom is 0.123 e. The summed E-state index contributed by atoms with van der Waals surface area (Å²) in [4.78, 5) is 0. The molecule has 5 heteroatoms. The molecule has 0 saturated heterocycles. The van der Waals surface area contributed by atoms with E-state index in [1.54, 1.807) is 28.4 Å². The van der Waals surface area contributed by atoms with E-state index >= 15 is 0 Å². The van der Waals surface area contributed by atoms with Gasteiger partial charge in [0.05, 0.1) is 28.4 Å². The molecular formula is C19H25O4P. The summed E-state index contributed by atoms with van der Waals surface area (Å²) < 4.78 is 21.7. The van der Waals surface area contributed by atoms with Crippen molar-refractivity contribution in [1.29, 1.82) is 0 Å². The molecule has 0 amide bonds. The summed E-state index contributed by atoms with van der Waals surface area (Å²) >= 11 is 0. The van der Waals surface area contributed by atoms with Gasteiger partial charge in [-0.1, -0.05) is 13.3 Å². The lowest BCUT2D eigenvalue weighted by Crippen LogP contribution is -2.15. The molecule has 24 heavy (non-hydrogen) atoms. The molecular weight excluding hydrogens is 323 g/mol. The van der Waals surface area contributed by atoms with Gasteiger partial charge in [0.2, 0.25) is 0 Å². The Morgan fingerprint density at radius 3 is 1.21 bits per heavy atom. The van der Waals surface area contributed by atoms with E-state index in [0.29, 0.717) is 0 Å². The second kappa shape index (κ2) is 8.79. The van der Waals surface area contributed by atoms with Crippen molar-refractivity contribution in [3.63, 3.8) is 0 Å². The quantitative estimate of drug-likeness (QED) is 0.684. The number of rotatable bonds is 8. The first-order valence-electron chi connectivity index (χ1n) is 7.88. The Hall–Kier alpha value is -1.93. The first kappa shape index (κ1) is 18.4. The van der Waals surface area contributed by atoms with Crippen LogP contribution in [0.2, 0.25) is 0 Å². The van der Waals surface area contributed by atoms with E-state index in [1.165, 1.54) is 10.6 Å². The lowest BCUT2D eigenvalue weighted by Gasteiger charge is -2.21. The van der Waals surface area contributed by atoms with Gasteiger partial charge in [-0.25, -0.2) is 0 Å². The van der Waals surface area contributed by atoms with E-state index in [9.17, 15) is 0 Å². The van der Waals surface area contributed by atoms with Crippen LogP contribution in [0, 0.1) is 0 Å². The van der Waals surface area contributed by atoms with Crippen molar-refractivity contribution in [3.8, 4) is 23.0 Å². The molecule has 0 atom stereocenters. The third kappa shape index (κ3) is 4.33. The van der Waals surface area contributed by atoms with Crippen molar-refractivity contribution in [3.05, 3.63) is 36.4 Å². The highest BCUT2D eigenvalue weighted by atomic mass is 31.1. The van der Waals surface area contributed by atoms with Gasteiger partial charge in [0.25, 0.3) is 0 Å². The Kier molecular flexibility index (Phi) is 6.74. The molecule has 0 fully saturated rings. The number of hydrogen-bond acceptors (Lipinski definition) is 4. The largest absolute Gasteiger partial charge is 0.497 e. The van der Waals surface area contributed by atoms with Crippen molar-refractivity contribution in [2.45, 2.75) is 13.3 Å². The van der Waals surface area contributed by atoms with Crippen LogP contribution in [-0.2, 0) is 0 Å². The first-order valence-corrected chi connectivity index (χ1v) is 9.41. The highest BCUT2D eigenvalue weighted by molar-refractivity contribution is 7.73. The summed E-state index contributed by atoms with van der Waals surface area (Å²) in [5, 5.41) is 2.44. The normalized spacial score (nSPS) is 10.6. The van der Waals surface area contributed by atoms with Crippen LogP contribution in [-0.4, -0.2) is 34.6 Å². The molecule has 4 nitrogen and oxygen atoms in total. The van der Waals surface area contributed by atoms with Crippen molar-refractivity contribution in [2.24, 2.45) is 0 Å². The zero-order valence-electron chi connectivity index (χ0n) is 15.0. The van der Waals surface area contributed by atoms with Crippen LogP contribution in [0.4, 0.5) is 0 Å². The molecule has 2 aromatic carbocycles. The molecule has 0 bridgehead atoms. The van der Waals surface area contributed by atoms with Crippen molar-refractivity contribution in [1.82, 2.24) is 0 Å². The maximum absolute atomic E-state index is 5.43. The van der Waals surface area contributed by atoms with Gasteiger partial charge < -0.3 is 18.9 Å². The first-order chi connectivity index (χ1) is 11.6. The Labute approximate surface area is 145 Å². The minimum Gasteiger partial charge on any atom is -0.497 e. The fraction of sp³-hybridized carbons (Fsp3) is 0.368. The van der Waals surface area contributed by atoms with Gasteiger partial charge in [-0.3, -0.25) is 0 Å². The summed E-state index contributed by atoms with van der Waals surface area (Å²) in [6.45, 7) is 2.20. The van der Waals surface area contributed by atoms with Gasteiger partial charge in [-0.15, -0.1) is 0 Å². The predicted octanol–water partition coefficient (Wildman–Crippen LogP) is 3.56. The molecule has 0 unspecified atom stereocenters. The molecule has 2 aromatic rings. The maximum atomic E-state index is 5.43. The standard InChI is InChI=1S/C19H25O4P/c1-6-7-24(18-10-14(20-2)8-15(11-18)21-3)19-12-16(22-4)9-17(13-19)23-5/h8-13H,6-7H2,1-5H3. The Balaban J connectivity index is 2.53. The molecule has 0 radical (unpaired) electrons. The van der Waals surface area contributed by atoms with Crippen LogP contribution in [0.3, 0.4) is 0 Å². The lowest BCUT2D eigenvalue weighted by atomic mass is 10.3. The molecule has 0 aliphatic rings. The monoisotopic (exact) mass is 348 g/mol. The minimum atomic E-state index is -0.559. The Morgan fingerprint density at radius 2 is 0.958 bits per heavy atom. The van der Waals surface area contributed by atoms with Crippen LogP contribution < -0.4 is 29.6 Å². The van der Waals surface area contributed by atoms with Crippen LogP contribution in [0.5, 0.6) is 23.0 Å². The second-order valence-corrected chi connectivity index (χ2v) is 7.63. The summed E-state index contributed by atoms with van der Waals surface area (Å²) in [7, 11) is 6.14. The van der Waals surface area contributed by atoms with Gasteiger partial charge in [0.15, 0.2) is 0 Å². The molecule has 0 N–H and O–H groups in total. The van der Waals surface area contributed by atoms with Crippen LogP contribution in [0.25, 0.3) is 0 Å². The highest BCUT2D eigenvalue weighted by Crippen LogP contribution is 2.39. The molecule has 0 aliphatic carbocycles. The smallest absolute Gasteiger partial charge is 0.123 e. The van der Waals surface area contributed by atoms with E-state index in [0.717, 1.165) is 35.6 Å². The zero-order chi connectivity index (χ0) is 17.5. The topological polar surface area (TPSA) is 36.9 Å². The van der Waals surface area contributed by atoms with E-state index in [4.69, 9.17) is 18.9 Å². The van der Waals surface area contributed by atoms with Crippen molar-refractivity contribution < 1.29 is 18.9 Å². The summed E-state index contributed by atoms with van der Waals surface area (Å²) in [5.41, 5.74) is 0. The summed E-state index contributed by atoms with van der Waals surface area (Å²) in [6, 6.07) is 12.2. The molecule has 130 valence electrons. The zero-order valence-corrected chi connectivity index (χ0v) is 15.9. The third-order valence-corrected chi connectivity index (χ3v) is 6.40. The van der Waals surface area contributed by atoms with Gasteiger partial charge >= 0.3 is 0 Å². The SMILES string of the molecule is CCCP(c1cc(OC)cc(OC)c1)c1cc(OC)cc(OC)c1. The Bertz CT molecular complexity index is 572. The van der Waals surface area contributed by atoms with Crippen molar-refractivity contribution in [2.75, 3.05) is 34.6 Å². The van der Waals surface area contributed by atoms with E-state index in [-0.39, 0.29) is 0 Å². The fourth-order valence-electron chi connectivity index (χ4n) is 2.53. The van der Waals surface area contributed by atoms with Gasteiger partial charge in [0, 0.05) is 12.1 Å². The van der Waals surface area contributed by atoms with Gasteiger partial charge in [-0.2, -0.15) is 0 Å². The van der Waals surface area contributed by atoms with Gasteiger partial charge in [-0.05, 0) is 49.0 Å². The molecule has 0 heterocycles. The molecule has 0 aromatic heterocycles. The van der Waals surface area contributed by atoms with Crippen LogP contribution >= 0.6 is 7.92 Å². The van der Waals surface area contributed by atoms with Gasteiger partial charge in [0.1, 0.15) is 23.0 Å². The number of ether oxygens (including phenoxy) is 4. The lowest BCUT2D eigenvalue weighted by molar-refractivity contribution is 0.395. The van der Waals surface area contributed by atoms with Crippen LogP contribution in [0.15, 0.2) is 36.4 Å². The highest BCUT2D eigenvalue weighted by Gasteiger charge is 2.17. The summed E-state index contributed by atoms with van der Waals surface area (Å²) in [5.74, 6) is 3.23. The second-order valence-electron chi connectivity index (χ2n) is 5.29. The minimum absolute atomic E-state index is 0.559. The molecule has 0 spiro atoms. The number of benzene rings is 2. The van der Waals surface area contributed by atoms with E-state index in [1.807, 2.05) is 12.1 Å². The van der Waals surface area contributed by atoms with E-state index < -0.39 is 7.92 Å². The molecule has 0 aliphatic heterocycles. The van der Waals surface area contributed by atoms with Crippen LogP contribution in [0.1, 0.15) is 13.3 Å². The molecule has 0 saturated carbocycles. The predicted molar refractivity (Wildman–Crippen MR) is 100 cm³/mol. The summed E-state index contributed by atoms with van der Waals surface area (Å²) in [6.07, 6.45) is 2.16. The van der Waals surface area contributed by atoms with Crippen molar-refractivity contribution >= 4 is 18.5 Å². The van der Waals surface area contributed by atoms with E-state index in [2.05, 4.69) is 31.2 Å². The third-order valence-electron chi connectivity index (χ3n) is 3.74. The molecule has 2 rings (SSSR count). The average molecular weight is 348 g/mol. The Morgan fingerprint density at radius 1 is 0.625 bits per heavy atom. The average Bonchev–Trinajstić information content (AvgIpc) is 2.64.